The average Bonchev–Trinajstić information content (AvgIpc) is 3.31. The minimum atomic E-state index is -3.00. The Morgan fingerprint density at radius 2 is 1.88 bits per heavy atom. The lowest BCUT2D eigenvalue weighted by molar-refractivity contribution is 0.0287. The highest BCUT2D eigenvalue weighted by atomic mass is 19.3. The molecule has 1 saturated heterocycles. The van der Waals surface area contributed by atoms with Gasteiger partial charge < -0.3 is 9.64 Å². The van der Waals surface area contributed by atoms with E-state index in [2.05, 4.69) is 31.1 Å². The molecule has 3 rings (SSSR count). The van der Waals surface area contributed by atoms with E-state index in [4.69, 9.17) is 4.74 Å². The summed E-state index contributed by atoms with van der Waals surface area (Å²) in [4.78, 5) is 34.4. The zero-order valence-corrected chi connectivity index (χ0v) is 18.5. The summed E-state index contributed by atoms with van der Waals surface area (Å²) in [6.45, 7) is 9.17. The van der Waals surface area contributed by atoms with Crippen molar-refractivity contribution >= 4 is 17.9 Å². The van der Waals surface area contributed by atoms with E-state index in [1.807, 2.05) is 0 Å². The van der Waals surface area contributed by atoms with Crippen LogP contribution in [0, 0.1) is 13.8 Å². The molecule has 2 amide bonds. The number of hydrazine groups is 1. The van der Waals surface area contributed by atoms with Crippen LogP contribution < -0.4 is 10.9 Å². The molecule has 1 fully saturated rings. The van der Waals surface area contributed by atoms with Gasteiger partial charge in [0, 0.05) is 24.5 Å². The molecule has 0 bridgehead atoms. The number of hydrogen-bond donors (Lipinski definition) is 2. The number of likely N-dealkylation sites (tertiary alicyclic amines) is 1. The zero-order valence-electron chi connectivity index (χ0n) is 18.5. The monoisotopic (exact) mass is 452 g/mol. The van der Waals surface area contributed by atoms with Crippen LogP contribution in [0.5, 0.6) is 0 Å². The molecule has 0 radical (unpaired) electrons. The molecule has 174 valence electrons. The highest BCUT2D eigenvalue weighted by molar-refractivity contribution is 5.93. The highest BCUT2D eigenvalue weighted by Crippen LogP contribution is 2.29. The summed E-state index contributed by atoms with van der Waals surface area (Å²) in [5.74, 6) is -0.790. The lowest BCUT2D eigenvalue weighted by atomic mass is 10.2. The summed E-state index contributed by atoms with van der Waals surface area (Å²) >= 11 is 0. The summed E-state index contributed by atoms with van der Waals surface area (Å²) in [7, 11) is 0. The highest BCUT2D eigenvalue weighted by Gasteiger charge is 2.36. The maximum Gasteiger partial charge on any atom is 0.410 e. The predicted octanol–water partition coefficient (Wildman–Crippen LogP) is 2.56. The van der Waals surface area contributed by atoms with Crippen molar-refractivity contribution in [2.75, 3.05) is 18.5 Å². The second kappa shape index (κ2) is 9.01. The first kappa shape index (κ1) is 23.3. The molecular formula is C19H26F2N8O3. The smallest absolute Gasteiger partial charge is 0.410 e. The number of carbonyl (C=O) groups is 2. The maximum atomic E-state index is 13.9. The van der Waals surface area contributed by atoms with E-state index in [1.54, 1.807) is 40.7 Å². The van der Waals surface area contributed by atoms with Crippen LogP contribution in [0.25, 0.3) is 0 Å². The average molecular weight is 452 g/mol. The predicted molar refractivity (Wildman–Crippen MR) is 109 cm³/mol. The molecule has 11 nitrogen and oxygen atoms in total. The number of hydrogen-bond acceptors (Lipinski definition) is 8. The molecule has 13 heteroatoms. The molecule has 32 heavy (non-hydrogen) atoms. The quantitative estimate of drug-likeness (QED) is 0.663. The number of halogens is 2. The number of aromatic nitrogens is 5. The molecule has 2 aromatic rings. The fourth-order valence-corrected chi connectivity index (χ4v) is 3.32. The minimum absolute atomic E-state index is 0.116. The van der Waals surface area contributed by atoms with Crippen LogP contribution in [-0.2, 0) is 4.74 Å². The third kappa shape index (κ3) is 5.45. The van der Waals surface area contributed by atoms with Crippen LogP contribution in [0.15, 0.2) is 6.07 Å². The van der Waals surface area contributed by atoms with Crippen molar-refractivity contribution in [3.8, 4) is 0 Å². The zero-order chi connectivity index (χ0) is 23.6. The molecule has 2 aromatic heterocycles. The van der Waals surface area contributed by atoms with Crippen LogP contribution >= 0.6 is 0 Å². The maximum absolute atomic E-state index is 13.9. The first-order chi connectivity index (χ1) is 14.9. The largest absolute Gasteiger partial charge is 0.444 e. The van der Waals surface area contributed by atoms with E-state index in [0.29, 0.717) is 24.4 Å². The Balaban J connectivity index is 1.73. The van der Waals surface area contributed by atoms with Crippen LogP contribution in [0.4, 0.5) is 19.5 Å². The van der Waals surface area contributed by atoms with Crippen LogP contribution in [-0.4, -0.2) is 60.6 Å². The van der Waals surface area contributed by atoms with Crippen molar-refractivity contribution in [1.29, 1.82) is 0 Å². The van der Waals surface area contributed by atoms with Crippen molar-refractivity contribution < 1.29 is 23.1 Å². The number of alkyl halides is 2. The molecule has 1 aliphatic heterocycles. The Morgan fingerprint density at radius 1 is 1.22 bits per heavy atom. The van der Waals surface area contributed by atoms with Crippen molar-refractivity contribution in [1.82, 2.24) is 35.3 Å². The van der Waals surface area contributed by atoms with Gasteiger partial charge in [0.25, 0.3) is 12.3 Å². The number of ether oxygens (including phenoxy) is 1. The number of nitrogens with zero attached hydrogens (tertiary/aromatic N) is 6. The third-order valence-corrected chi connectivity index (χ3v) is 4.58. The van der Waals surface area contributed by atoms with Crippen molar-refractivity contribution in [3.05, 3.63) is 28.8 Å². The van der Waals surface area contributed by atoms with Gasteiger partial charge in [-0.2, -0.15) is 0 Å². The fraction of sp³-hybridized carbons (Fsp3) is 0.579. The topological polar surface area (TPSA) is 127 Å². The van der Waals surface area contributed by atoms with Gasteiger partial charge in [-0.25, -0.2) is 28.2 Å². The first-order valence-corrected chi connectivity index (χ1v) is 10.0. The van der Waals surface area contributed by atoms with Gasteiger partial charge in [-0.05, 0) is 47.1 Å². The SMILES string of the molecule is Cc1cc(C)nc(NNC(=O)c2nnn(C3CCN(C(=O)OC(C)(C)C)C3)c2C(F)F)n1. The van der Waals surface area contributed by atoms with Crippen LogP contribution in [0.2, 0.25) is 0 Å². The van der Waals surface area contributed by atoms with Gasteiger partial charge in [0.05, 0.1) is 6.04 Å². The summed E-state index contributed by atoms with van der Waals surface area (Å²) in [6.07, 6.45) is -3.16. The van der Waals surface area contributed by atoms with E-state index in [0.717, 1.165) is 4.68 Å². The van der Waals surface area contributed by atoms with Gasteiger partial charge >= 0.3 is 6.09 Å². The second-order valence-electron chi connectivity index (χ2n) is 8.49. The van der Waals surface area contributed by atoms with Gasteiger partial charge in [-0.3, -0.25) is 15.6 Å². The van der Waals surface area contributed by atoms with Crippen LogP contribution in [0.3, 0.4) is 0 Å². The first-order valence-electron chi connectivity index (χ1n) is 10.0. The Labute approximate surface area is 183 Å². The molecule has 0 aliphatic carbocycles. The van der Waals surface area contributed by atoms with E-state index in [-0.39, 0.29) is 12.5 Å². The van der Waals surface area contributed by atoms with Crippen molar-refractivity contribution in [3.63, 3.8) is 0 Å². The molecule has 1 unspecified atom stereocenters. The van der Waals surface area contributed by atoms with E-state index in [1.165, 1.54) is 4.90 Å². The normalized spacial score (nSPS) is 16.4. The molecule has 2 N–H and O–H groups in total. The van der Waals surface area contributed by atoms with Gasteiger partial charge in [0.15, 0.2) is 5.69 Å². The molecular weight excluding hydrogens is 426 g/mol. The molecule has 0 spiro atoms. The van der Waals surface area contributed by atoms with Gasteiger partial charge in [-0.1, -0.05) is 5.21 Å². The summed E-state index contributed by atoms with van der Waals surface area (Å²) in [5.41, 5.74) is 4.30. The Morgan fingerprint density at radius 3 is 2.47 bits per heavy atom. The number of nitrogens with one attached hydrogen (secondary N) is 2. The van der Waals surface area contributed by atoms with Crippen LogP contribution in [0.1, 0.15) is 67.2 Å². The number of aryl methyl sites for hydroxylation is 2. The van der Waals surface area contributed by atoms with E-state index >= 15 is 0 Å². The number of amides is 2. The Bertz CT molecular complexity index is 985. The standard InChI is InChI=1S/C19H26F2N8O3/c1-10-8-11(2)23-17(22-10)26-25-16(30)13-14(15(20)21)29(27-24-13)12-6-7-28(9-12)18(31)32-19(3,4)5/h8,12,15H,6-7,9H2,1-5H3,(H,25,30)(H,22,23,26). The third-order valence-electron chi connectivity index (χ3n) is 4.58. The molecule has 1 aliphatic rings. The number of rotatable bonds is 5. The molecule has 3 heterocycles. The number of carbonyl (C=O) groups excluding carboxylic acids is 2. The van der Waals surface area contributed by atoms with E-state index < -0.39 is 41.5 Å². The lowest BCUT2D eigenvalue weighted by Crippen LogP contribution is -2.35. The second-order valence-corrected chi connectivity index (χ2v) is 8.49. The van der Waals surface area contributed by atoms with E-state index in [9.17, 15) is 18.4 Å². The van der Waals surface area contributed by atoms with Gasteiger partial charge in [0.1, 0.15) is 11.3 Å². The number of anilines is 1. The summed E-state index contributed by atoms with van der Waals surface area (Å²) in [6, 6.07) is 1.19. The molecule has 1 atom stereocenters. The molecule has 0 aromatic carbocycles. The van der Waals surface area contributed by atoms with Gasteiger partial charge in [0.2, 0.25) is 5.95 Å². The molecule has 0 saturated carbocycles. The fourth-order valence-electron chi connectivity index (χ4n) is 3.32. The van der Waals surface area contributed by atoms with Crippen molar-refractivity contribution in [2.24, 2.45) is 0 Å². The van der Waals surface area contributed by atoms with Crippen molar-refractivity contribution in [2.45, 2.75) is 59.1 Å². The minimum Gasteiger partial charge on any atom is -0.444 e. The Hall–Kier alpha value is -3.38. The Kier molecular flexibility index (Phi) is 6.55. The lowest BCUT2D eigenvalue weighted by Gasteiger charge is -2.24. The summed E-state index contributed by atoms with van der Waals surface area (Å²) in [5, 5.41) is 7.44. The van der Waals surface area contributed by atoms with Gasteiger partial charge in [-0.15, -0.1) is 5.10 Å². The summed E-state index contributed by atoms with van der Waals surface area (Å²) < 4.78 is 34.0.